The van der Waals surface area contributed by atoms with Crippen LogP contribution >= 0.6 is 0 Å². The quantitative estimate of drug-likeness (QED) is 0.788. The van der Waals surface area contributed by atoms with Crippen molar-refractivity contribution in [2.45, 2.75) is 31.2 Å². The van der Waals surface area contributed by atoms with Gasteiger partial charge >= 0.3 is 0 Å². The van der Waals surface area contributed by atoms with Gasteiger partial charge in [0, 0.05) is 25.3 Å². The van der Waals surface area contributed by atoms with E-state index in [-0.39, 0.29) is 10.9 Å². The zero-order valence-electron chi connectivity index (χ0n) is 11.8. The summed E-state index contributed by atoms with van der Waals surface area (Å²) in [5.74, 6) is 0. The highest BCUT2D eigenvalue weighted by atomic mass is 32.2. The summed E-state index contributed by atoms with van der Waals surface area (Å²) < 4.78 is 26.5. The first kappa shape index (κ1) is 15.9. The first-order valence-corrected chi connectivity index (χ1v) is 7.88. The molecule has 0 aliphatic carbocycles. The molecule has 0 saturated heterocycles. The van der Waals surface area contributed by atoms with Gasteiger partial charge in [0.15, 0.2) is 0 Å². The minimum absolute atomic E-state index is 0.114. The number of nitrogens with zero attached hydrogens (tertiary/aromatic N) is 1. The number of anilines is 1. The van der Waals surface area contributed by atoms with Gasteiger partial charge < -0.3 is 10.6 Å². The highest BCUT2D eigenvalue weighted by Crippen LogP contribution is 2.17. The van der Waals surface area contributed by atoms with Gasteiger partial charge in [0.1, 0.15) is 0 Å². The molecule has 3 N–H and O–H groups in total. The Morgan fingerprint density at radius 3 is 2.32 bits per heavy atom. The fraction of sp³-hybridized carbons (Fsp3) is 0.538. The molecule has 5 nitrogen and oxygen atoms in total. The van der Waals surface area contributed by atoms with E-state index in [1.807, 2.05) is 19.2 Å². The molecule has 1 rings (SSSR count). The maximum Gasteiger partial charge on any atom is 0.240 e. The summed E-state index contributed by atoms with van der Waals surface area (Å²) in [6.45, 7) is 5.10. The van der Waals surface area contributed by atoms with Crippen LogP contribution < -0.4 is 15.4 Å². The SMILES string of the molecule is CC(C)NS(=O)(=O)c1ccc(N(C)CCCN)cc1. The van der Waals surface area contributed by atoms with Gasteiger partial charge in [-0.05, 0) is 51.1 Å². The minimum atomic E-state index is -3.41. The molecule has 0 unspecified atom stereocenters. The number of nitrogens with two attached hydrogens (primary N) is 1. The van der Waals surface area contributed by atoms with Crippen LogP contribution in [0.2, 0.25) is 0 Å². The lowest BCUT2D eigenvalue weighted by molar-refractivity contribution is 0.570. The van der Waals surface area contributed by atoms with E-state index in [0.29, 0.717) is 6.54 Å². The van der Waals surface area contributed by atoms with E-state index in [2.05, 4.69) is 9.62 Å². The monoisotopic (exact) mass is 285 g/mol. The smallest absolute Gasteiger partial charge is 0.240 e. The van der Waals surface area contributed by atoms with Gasteiger partial charge in [0.05, 0.1) is 4.90 Å². The summed E-state index contributed by atoms with van der Waals surface area (Å²) in [5, 5.41) is 0. The molecule has 0 aliphatic rings. The van der Waals surface area contributed by atoms with E-state index in [0.717, 1.165) is 18.7 Å². The van der Waals surface area contributed by atoms with Crippen LogP contribution in [0.3, 0.4) is 0 Å². The Balaban J connectivity index is 2.81. The number of hydrogen-bond acceptors (Lipinski definition) is 4. The van der Waals surface area contributed by atoms with Crippen molar-refractivity contribution in [2.24, 2.45) is 5.73 Å². The molecular weight excluding hydrogens is 262 g/mol. The van der Waals surface area contributed by atoms with Crippen molar-refractivity contribution in [3.8, 4) is 0 Å². The van der Waals surface area contributed by atoms with E-state index in [4.69, 9.17) is 5.73 Å². The highest BCUT2D eigenvalue weighted by molar-refractivity contribution is 7.89. The second-order valence-corrected chi connectivity index (χ2v) is 6.55. The van der Waals surface area contributed by atoms with Gasteiger partial charge in [-0.1, -0.05) is 0 Å². The van der Waals surface area contributed by atoms with Crippen LogP contribution in [0.4, 0.5) is 5.69 Å². The molecule has 19 heavy (non-hydrogen) atoms. The molecule has 0 atom stereocenters. The zero-order chi connectivity index (χ0) is 14.5. The zero-order valence-corrected chi connectivity index (χ0v) is 12.6. The van der Waals surface area contributed by atoms with Crippen LogP contribution in [0.15, 0.2) is 29.2 Å². The average Bonchev–Trinajstić information content (AvgIpc) is 2.34. The summed E-state index contributed by atoms with van der Waals surface area (Å²) >= 11 is 0. The Morgan fingerprint density at radius 2 is 1.84 bits per heavy atom. The van der Waals surface area contributed by atoms with Crippen LogP contribution in [-0.4, -0.2) is 34.6 Å². The molecule has 0 bridgehead atoms. The second-order valence-electron chi connectivity index (χ2n) is 4.83. The Kier molecular flexibility index (Phi) is 5.78. The normalized spacial score (nSPS) is 11.8. The Hall–Kier alpha value is -1.11. The predicted octanol–water partition coefficient (Wildman–Crippen LogP) is 1.16. The van der Waals surface area contributed by atoms with E-state index in [1.54, 1.807) is 26.0 Å². The molecule has 108 valence electrons. The molecule has 6 heteroatoms. The van der Waals surface area contributed by atoms with E-state index >= 15 is 0 Å². The number of benzene rings is 1. The lowest BCUT2D eigenvalue weighted by Crippen LogP contribution is -2.30. The largest absolute Gasteiger partial charge is 0.375 e. The molecule has 0 heterocycles. The maximum absolute atomic E-state index is 12.0. The van der Waals surface area contributed by atoms with Crippen molar-refractivity contribution in [2.75, 3.05) is 25.0 Å². The van der Waals surface area contributed by atoms with Gasteiger partial charge in [-0.25, -0.2) is 13.1 Å². The van der Waals surface area contributed by atoms with E-state index in [1.165, 1.54) is 0 Å². The van der Waals surface area contributed by atoms with Crippen LogP contribution in [0.5, 0.6) is 0 Å². The lowest BCUT2D eigenvalue weighted by Gasteiger charge is -2.19. The molecule has 0 fully saturated rings. The molecule has 1 aromatic carbocycles. The van der Waals surface area contributed by atoms with Crippen molar-refractivity contribution in [3.63, 3.8) is 0 Å². The van der Waals surface area contributed by atoms with Gasteiger partial charge in [-0.2, -0.15) is 0 Å². The lowest BCUT2D eigenvalue weighted by atomic mass is 10.3. The highest BCUT2D eigenvalue weighted by Gasteiger charge is 2.15. The third-order valence-corrected chi connectivity index (χ3v) is 4.35. The molecule has 0 spiro atoms. The van der Waals surface area contributed by atoms with Crippen molar-refractivity contribution in [1.82, 2.24) is 4.72 Å². The standard InChI is InChI=1S/C13H23N3O2S/c1-11(2)15-19(17,18)13-7-5-12(6-8-13)16(3)10-4-9-14/h5-8,11,15H,4,9-10,14H2,1-3H3. The third-order valence-electron chi connectivity index (χ3n) is 2.68. The van der Waals surface area contributed by atoms with E-state index < -0.39 is 10.0 Å². The van der Waals surface area contributed by atoms with Gasteiger partial charge in [0.2, 0.25) is 10.0 Å². The first-order valence-electron chi connectivity index (χ1n) is 6.40. The molecule has 0 saturated carbocycles. The van der Waals surface area contributed by atoms with Crippen molar-refractivity contribution >= 4 is 15.7 Å². The fourth-order valence-corrected chi connectivity index (χ4v) is 2.97. The summed E-state index contributed by atoms with van der Waals surface area (Å²) in [6.07, 6.45) is 0.908. The molecule has 0 amide bonds. The summed E-state index contributed by atoms with van der Waals surface area (Å²) in [7, 11) is -1.44. The summed E-state index contributed by atoms with van der Waals surface area (Å²) in [4.78, 5) is 2.34. The first-order chi connectivity index (χ1) is 8.86. The number of rotatable bonds is 7. The fourth-order valence-electron chi connectivity index (χ4n) is 1.72. The minimum Gasteiger partial charge on any atom is -0.375 e. The molecule has 0 radical (unpaired) electrons. The Morgan fingerprint density at radius 1 is 1.26 bits per heavy atom. The maximum atomic E-state index is 12.0. The summed E-state index contributed by atoms with van der Waals surface area (Å²) in [5.41, 5.74) is 6.45. The van der Waals surface area contributed by atoms with Crippen LogP contribution in [0.25, 0.3) is 0 Å². The van der Waals surface area contributed by atoms with E-state index in [9.17, 15) is 8.42 Å². The summed E-state index contributed by atoms with van der Waals surface area (Å²) in [6, 6.07) is 6.76. The van der Waals surface area contributed by atoms with Crippen LogP contribution in [-0.2, 0) is 10.0 Å². The average molecular weight is 285 g/mol. The van der Waals surface area contributed by atoms with Gasteiger partial charge in [0.25, 0.3) is 0 Å². The Labute approximate surface area is 115 Å². The van der Waals surface area contributed by atoms with Crippen molar-refractivity contribution in [1.29, 1.82) is 0 Å². The van der Waals surface area contributed by atoms with Crippen LogP contribution in [0, 0.1) is 0 Å². The second kappa shape index (κ2) is 6.88. The van der Waals surface area contributed by atoms with Crippen molar-refractivity contribution in [3.05, 3.63) is 24.3 Å². The number of sulfonamides is 1. The topological polar surface area (TPSA) is 75.4 Å². The Bertz CT molecular complexity index is 483. The van der Waals surface area contributed by atoms with Gasteiger partial charge in [-0.15, -0.1) is 0 Å². The molecule has 0 aromatic heterocycles. The third kappa shape index (κ3) is 4.81. The van der Waals surface area contributed by atoms with Crippen LogP contribution in [0.1, 0.15) is 20.3 Å². The van der Waals surface area contributed by atoms with Crippen molar-refractivity contribution < 1.29 is 8.42 Å². The van der Waals surface area contributed by atoms with Gasteiger partial charge in [-0.3, -0.25) is 0 Å². The molecular formula is C13H23N3O2S. The predicted molar refractivity (Wildman–Crippen MR) is 78.8 cm³/mol. The molecule has 1 aromatic rings. The molecule has 0 aliphatic heterocycles. The number of hydrogen-bond donors (Lipinski definition) is 2. The number of nitrogens with one attached hydrogen (secondary N) is 1.